The van der Waals surface area contributed by atoms with Crippen molar-refractivity contribution in [3.05, 3.63) is 26.6 Å². The van der Waals surface area contributed by atoms with Crippen LogP contribution in [0.3, 0.4) is 0 Å². The number of ether oxygens (including phenoxy) is 1. The zero-order valence-corrected chi connectivity index (χ0v) is 13.8. The Kier molecular flexibility index (Phi) is 4.76. The summed E-state index contributed by atoms with van der Waals surface area (Å²) < 4.78 is 4.51. The largest absolute Gasteiger partial charge is 0.469 e. The topological polar surface area (TPSA) is 129 Å². The second-order valence-corrected chi connectivity index (χ2v) is 5.99. The quantitative estimate of drug-likeness (QED) is 0.318. The van der Waals surface area contributed by atoms with Crippen LogP contribution in [0.25, 0.3) is 0 Å². The maximum Gasteiger partial charge on any atom is 0.337 e. The third-order valence-electron chi connectivity index (χ3n) is 3.67. The van der Waals surface area contributed by atoms with Gasteiger partial charge in [0.2, 0.25) is 0 Å². The summed E-state index contributed by atoms with van der Waals surface area (Å²) in [6.07, 6.45) is -0.777. The van der Waals surface area contributed by atoms with Gasteiger partial charge in [-0.3, -0.25) is 29.3 Å². The first-order chi connectivity index (χ1) is 11.9. The molecule has 3 heterocycles. The van der Waals surface area contributed by atoms with Crippen LogP contribution in [-0.4, -0.2) is 59.3 Å². The molecular formula is C13H13N3O8S. The van der Waals surface area contributed by atoms with Gasteiger partial charge < -0.3 is 4.74 Å². The molecule has 0 aliphatic carbocycles. The number of rotatable bonds is 5. The van der Waals surface area contributed by atoms with E-state index in [1.54, 1.807) is 0 Å². The summed E-state index contributed by atoms with van der Waals surface area (Å²) in [4.78, 5) is 57.9. The van der Waals surface area contributed by atoms with Crippen LogP contribution in [0.2, 0.25) is 0 Å². The number of carbonyl (C=O) groups excluding carboxylic acids is 3. The van der Waals surface area contributed by atoms with Crippen molar-refractivity contribution in [2.75, 3.05) is 20.3 Å². The number of nitrogens with zero attached hydrogens (tertiary/aromatic N) is 3. The fourth-order valence-corrected chi connectivity index (χ4v) is 3.35. The lowest BCUT2D eigenvalue weighted by atomic mass is 10.2. The maximum absolute atomic E-state index is 12.5. The molecule has 0 spiro atoms. The number of esters is 1. The van der Waals surface area contributed by atoms with Crippen LogP contribution in [0.1, 0.15) is 33.6 Å². The second-order valence-electron chi connectivity index (χ2n) is 5.13. The molecule has 1 atom stereocenters. The van der Waals surface area contributed by atoms with Crippen LogP contribution < -0.4 is 0 Å². The molecule has 2 aliphatic rings. The van der Waals surface area contributed by atoms with Crippen LogP contribution in [0, 0.1) is 10.1 Å². The molecule has 2 amide bonds. The lowest BCUT2D eigenvalue weighted by Gasteiger charge is -2.34. The van der Waals surface area contributed by atoms with Crippen LogP contribution in [-0.2, 0) is 19.2 Å². The fraction of sp³-hybridized carbons (Fsp3) is 0.462. The van der Waals surface area contributed by atoms with Gasteiger partial charge in [-0.2, -0.15) is 0 Å². The van der Waals surface area contributed by atoms with Crippen molar-refractivity contribution in [2.45, 2.75) is 19.1 Å². The Morgan fingerprint density at radius 1 is 1.48 bits per heavy atom. The number of hydrogen-bond acceptors (Lipinski definition) is 10. The Hall–Kier alpha value is -2.41. The van der Waals surface area contributed by atoms with Crippen LogP contribution >= 0.6 is 11.3 Å². The van der Waals surface area contributed by atoms with Crippen molar-refractivity contribution in [1.29, 1.82) is 0 Å². The molecule has 1 aromatic rings. The SMILES string of the molecule is COC(=O)CCN1OCCC(N2C(=O)c3csc([N+](=O)[O-])c3C2=O)O1. The van der Waals surface area contributed by atoms with Crippen LogP contribution in [0.15, 0.2) is 5.38 Å². The van der Waals surface area contributed by atoms with Gasteiger partial charge in [-0.05, 0) is 0 Å². The molecular weight excluding hydrogens is 358 g/mol. The first-order valence-corrected chi connectivity index (χ1v) is 8.09. The summed E-state index contributed by atoms with van der Waals surface area (Å²) in [7, 11) is 1.25. The molecule has 1 fully saturated rings. The van der Waals surface area contributed by atoms with E-state index < -0.39 is 28.9 Å². The molecule has 0 radical (unpaired) electrons. The summed E-state index contributed by atoms with van der Waals surface area (Å²) in [5.41, 5.74) is -0.214. The third-order valence-corrected chi connectivity index (χ3v) is 4.60. The van der Waals surface area contributed by atoms with Crippen molar-refractivity contribution in [3.63, 3.8) is 0 Å². The zero-order valence-electron chi connectivity index (χ0n) is 13.0. The summed E-state index contributed by atoms with van der Waals surface area (Å²) in [6.45, 7) is 0.193. The molecule has 0 bridgehead atoms. The lowest BCUT2D eigenvalue weighted by molar-refractivity contribution is -0.424. The molecule has 0 N–H and O–H groups in total. The highest BCUT2D eigenvalue weighted by atomic mass is 32.1. The number of nitro groups is 1. The second kappa shape index (κ2) is 6.84. The van der Waals surface area contributed by atoms with E-state index in [0.717, 1.165) is 21.5 Å². The summed E-state index contributed by atoms with van der Waals surface area (Å²) in [5.74, 6) is -1.89. The van der Waals surface area contributed by atoms with Crippen LogP contribution in [0.4, 0.5) is 5.00 Å². The molecule has 1 aromatic heterocycles. The number of thiophene rings is 1. The monoisotopic (exact) mass is 371 g/mol. The summed E-state index contributed by atoms with van der Waals surface area (Å²) >= 11 is 0.736. The Morgan fingerprint density at radius 2 is 2.24 bits per heavy atom. The Balaban J connectivity index is 1.74. The predicted octanol–water partition coefficient (Wildman–Crippen LogP) is 0.710. The molecule has 1 unspecified atom stereocenters. The Morgan fingerprint density at radius 3 is 2.92 bits per heavy atom. The number of hydroxylamine groups is 2. The molecule has 25 heavy (non-hydrogen) atoms. The van der Waals surface area contributed by atoms with Crippen molar-refractivity contribution in [1.82, 2.24) is 10.1 Å². The van der Waals surface area contributed by atoms with Gasteiger partial charge in [0.25, 0.3) is 11.8 Å². The number of carbonyl (C=O) groups is 3. The third kappa shape index (κ3) is 3.11. The standard InChI is InChI=1S/C13H13N3O8S/c1-22-9(17)2-4-14-23-5-3-8(24-14)15-11(18)7-6-25-13(16(20)21)10(7)12(15)19/h6,8H,2-5H2,1H3. The van der Waals surface area contributed by atoms with E-state index in [1.165, 1.54) is 12.5 Å². The van der Waals surface area contributed by atoms with E-state index in [9.17, 15) is 24.5 Å². The number of amides is 2. The number of fused-ring (bicyclic) bond motifs is 1. The van der Waals surface area contributed by atoms with E-state index in [4.69, 9.17) is 9.68 Å². The highest BCUT2D eigenvalue weighted by Crippen LogP contribution is 2.38. The van der Waals surface area contributed by atoms with E-state index in [-0.39, 0.29) is 42.1 Å². The minimum Gasteiger partial charge on any atom is -0.469 e. The molecule has 1 saturated heterocycles. The van der Waals surface area contributed by atoms with Gasteiger partial charge >= 0.3 is 11.0 Å². The van der Waals surface area contributed by atoms with Crippen molar-refractivity contribution >= 4 is 34.1 Å². The first kappa shape index (κ1) is 17.4. The highest BCUT2D eigenvalue weighted by molar-refractivity contribution is 7.14. The molecule has 11 nitrogen and oxygen atoms in total. The van der Waals surface area contributed by atoms with Gasteiger partial charge in [0, 0.05) is 11.8 Å². The molecule has 12 heteroatoms. The van der Waals surface area contributed by atoms with E-state index in [1.807, 2.05) is 0 Å². The summed E-state index contributed by atoms with van der Waals surface area (Å²) in [5, 5.41) is 12.9. The van der Waals surface area contributed by atoms with Gasteiger partial charge in [0.05, 0.1) is 37.2 Å². The van der Waals surface area contributed by atoms with E-state index in [2.05, 4.69) is 4.74 Å². The summed E-state index contributed by atoms with van der Waals surface area (Å²) in [6, 6.07) is 0. The minimum absolute atomic E-state index is 0.00194. The average Bonchev–Trinajstić information content (AvgIpc) is 3.14. The molecule has 0 saturated carbocycles. The van der Waals surface area contributed by atoms with Gasteiger partial charge in [0.15, 0.2) is 6.23 Å². The van der Waals surface area contributed by atoms with Crippen molar-refractivity contribution in [3.8, 4) is 0 Å². The first-order valence-electron chi connectivity index (χ1n) is 7.21. The molecule has 134 valence electrons. The van der Waals surface area contributed by atoms with Gasteiger partial charge in [-0.15, -0.1) is 0 Å². The minimum atomic E-state index is -0.969. The molecule has 0 aromatic carbocycles. The lowest BCUT2D eigenvalue weighted by Crippen LogP contribution is -2.49. The fourth-order valence-electron chi connectivity index (χ4n) is 2.50. The smallest absolute Gasteiger partial charge is 0.337 e. The Bertz CT molecular complexity index is 748. The predicted molar refractivity (Wildman–Crippen MR) is 80.3 cm³/mol. The normalized spacial score (nSPS) is 20.7. The number of methoxy groups -OCH3 is 1. The van der Waals surface area contributed by atoms with Crippen LogP contribution in [0.5, 0.6) is 0 Å². The van der Waals surface area contributed by atoms with Gasteiger partial charge in [0.1, 0.15) is 5.56 Å². The highest BCUT2D eigenvalue weighted by Gasteiger charge is 2.47. The zero-order chi connectivity index (χ0) is 18.1. The van der Waals surface area contributed by atoms with Gasteiger partial charge in [-0.25, -0.2) is 9.74 Å². The van der Waals surface area contributed by atoms with E-state index in [0.29, 0.717) is 0 Å². The molecule has 2 aliphatic heterocycles. The van der Waals surface area contributed by atoms with Crippen molar-refractivity contribution < 1.29 is 33.7 Å². The van der Waals surface area contributed by atoms with E-state index >= 15 is 0 Å². The number of hydrogen-bond donors (Lipinski definition) is 0. The number of imide groups is 1. The maximum atomic E-state index is 12.5. The molecule has 3 rings (SSSR count). The average molecular weight is 371 g/mol. The Labute approximate surface area is 144 Å². The van der Waals surface area contributed by atoms with Gasteiger partial charge in [-0.1, -0.05) is 16.6 Å². The van der Waals surface area contributed by atoms with Crippen molar-refractivity contribution in [2.24, 2.45) is 0 Å².